The van der Waals surface area contributed by atoms with Crippen LogP contribution < -0.4 is 4.74 Å². The van der Waals surface area contributed by atoms with Crippen molar-refractivity contribution in [1.29, 1.82) is 0 Å². The number of Topliss-reactive ketones (excluding diaryl/α,β-unsaturated/α-hetero) is 1. The molecule has 3 fully saturated rings. The molecule has 1 aliphatic heterocycles. The maximum absolute atomic E-state index is 13.8. The predicted molar refractivity (Wildman–Crippen MR) is 167 cm³/mol. The van der Waals surface area contributed by atoms with Gasteiger partial charge in [0.25, 0.3) is 23.4 Å². The van der Waals surface area contributed by atoms with Gasteiger partial charge in [-0.25, -0.2) is 9.80 Å². The van der Waals surface area contributed by atoms with Gasteiger partial charge >= 0.3 is 5.97 Å². The molecule has 0 radical (unpaired) electrons. The highest BCUT2D eigenvalue weighted by Crippen LogP contribution is 2.60. The van der Waals surface area contributed by atoms with Crippen LogP contribution in [-0.2, 0) is 9.59 Å². The van der Waals surface area contributed by atoms with E-state index in [0.29, 0.717) is 12.0 Å². The average molecular weight is 739 g/mol. The summed E-state index contributed by atoms with van der Waals surface area (Å²) >= 11 is 7.29. The number of benzene rings is 3. The maximum Gasteiger partial charge on any atom is 0.343 e. The zero-order valence-electron chi connectivity index (χ0n) is 23.7. The van der Waals surface area contributed by atoms with Crippen molar-refractivity contribution in [1.82, 2.24) is 10.0 Å². The third-order valence-corrected chi connectivity index (χ3v) is 11.9. The van der Waals surface area contributed by atoms with E-state index < -0.39 is 52.8 Å². The summed E-state index contributed by atoms with van der Waals surface area (Å²) in [5, 5.41) is 12.8. The molecule has 6 rings (SSSR count). The Morgan fingerprint density at radius 2 is 1.36 bits per heavy atom. The first kappa shape index (κ1) is 30.8. The lowest BCUT2D eigenvalue weighted by Crippen LogP contribution is -2.52. The van der Waals surface area contributed by atoms with Crippen LogP contribution in [-0.4, -0.2) is 60.6 Å². The summed E-state index contributed by atoms with van der Waals surface area (Å²) < 4.78 is 5.41. The number of non-ortho nitro benzene ring substituents is 1. The summed E-state index contributed by atoms with van der Waals surface area (Å²) in [5.41, 5.74) is 1.21. The molecule has 2 bridgehead atoms. The van der Waals surface area contributed by atoms with Crippen molar-refractivity contribution in [2.24, 2.45) is 23.7 Å². The number of hydrogen-bond donors (Lipinski definition) is 0. The standard InChI is InChI=1S/C32H25Br2N3O8/c1-16-2-4-19(5-3-16)32(42)45-21-12-8-17(9-13-21)24(38)15-35(29(39)18-6-10-20(11-7-18)37(43)44)36-30(40)25-22-14-23(26(25)31(36)41)28(34)27(22)33/h2-13,22-23,25-28H,14-15H2,1H3/t22-,23-,25-,26-,27-,28+/m1/s1. The third kappa shape index (κ3) is 5.48. The van der Waals surface area contributed by atoms with Crippen molar-refractivity contribution >= 4 is 67.0 Å². The van der Waals surface area contributed by atoms with Gasteiger partial charge in [0.1, 0.15) is 12.3 Å². The van der Waals surface area contributed by atoms with Crippen LogP contribution in [0.1, 0.15) is 43.1 Å². The first-order valence-corrected chi connectivity index (χ1v) is 15.9. The number of amides is 3. The van der Waals surface area contributed by atoms with Crippen LogP contribution in [0, 0.1) is 40.7 Å². The number of aryl methyl sites for hydroxylation is 1. The minimum atomic E-state index is -0.832. The molecule has 45 heavy (non-hydrogen) atoms. The van der Waals surface area contributed by atoms with E-state index in [1.54, 1.807) is 24.3 Å². The number of carbonyl (C=O) groups is 5. The molecule has 0 N–H and O–H groups in total. The molecule has 13 heteroatoms. The first-order valence-electron chi connectivity index (χ1n) is 14.1. The number of nitrogens with zero attached hydrogens (tertiary/aromatic N) is 3. The van der Waals surface area contributed by atoms with E-state index in [0.717, 1.165) is 27.7 Å². The van der Waals surface area contributed by atoms with Crippen molar-refractivity contribution < 1.29 is 33.6 Å². The zero-order valence-corrected chi connectivity index (χ0v) is 26.8. The van der Waals surface area contributed by atoms with Crippen LogP contribution in [0.25, 0.3) is 0 Å². The number of hydrogen-bond acceptors (Lipinski definition) is 8. The summed E-state index contributed by atoms with van der Waals surface area (Å²) in [5.74, 6) is -4.41. The zero-order chi connectivity index (χ0) is 32.2. The number of halogens is 2. The van der Waals surface area contributed by atoms with Crippen LogP contribution in [0.4, 0.5) is 5.69 Å². The van der Waals surface area contributed by atoms with Gasteiger partial charge in [0.15, 0.2) is 5.78 Å². The number of esters is 1. The van der Waals surface area contributed by atoms with Gasteiger partial charge < -0.3 is 4.74 Å². The van der Waals surface area contributed by atoms with Gasteiger partial charge in [-0.3, -0.25) is 29.3 Å². The topological polar surface area (TPSA) is 144 Å². The third-order valence-electron chi connectivity index (χ3n) is 8.73. The highest BCUT2D eigenvalue weighted by molar-refractivity contribution is 9.12. The summed E-state index contributed by atoms with van der Waals surface area (Å²) in [6.07, 6.45) is 0.683. The quantitative estimate of drug-likeness (QED) is 0.0588. The van der Waals surface area contributed by atoms with Gasteiger partial charge in [0.2, 0.25) is 0 Å². The van der Waals surface area contributed by atoms with Crippen molar-refractivity contribution in [3.8, 4) is 5.75 Å². The van der Waals surface area contributed by atoms with Gasteiger partial charge in [0.05, 0.1) is 22.3 Å². The normalized spacial score (nSPS) is 24.8. The van der Waals surface area contributed by atoms with Gasteiger partial charge in [0, 0.05) is 32.9 Å². The smallest absolute Gasteiger partial charge is 0.343 e. The number of imide groups is 1. The molecule has 2 aliphatic carbocycles. The Morgan fingerprint density at radius 1 is 0.844 bits per heavy atom. The molecule has 0 unspecified atom stereocenters. The molecule has 3 aliphatic rings. The predicted octanol–water partition coefficient (Wildman–Crippen LogP) is 5.14. The lowest BCUT2D eigenvalue weighted by molar-refractivity contribution is -0.384. The van der Waals surface area contributed by atoms with E-state index >= 15 is 0 Å². The fourth-order valence-corrected chi connectivity index (χ4v) is 8.34. The number of nitro groups is 1. The number of rotatable bonds is 8. The Balaban J connectivity index is 1.25. The van der Waals surface area contributed by atoms with Crippen LogP contribution in [0.3, 0.4) is 0 Å². The Labute approximate surface area is 273 Å². The molecule has 0 spiro atoms. The molecule has 6 atom stereocenters. The average Bonchev–Trinajstić information content (AvgIpc) is 3.65. The molecule has 11 nitrogen and oxygen atoms in total. The summed E-state index contributed by atoms with van der Waals surface area (Å²) in [6.45, 7) is 1.24. The van der Waals surface area contributed by atoms with Crippen molar-refractivity contribution in [2.45, 2.75) is 23.0 Å². The fraction of sp³-hybridized carbons (Fsp3) is 0.281. The van der Waals surface area contributed by atoms with E-state index in [1.807, 2.05) is 6.92 Å². The molecule has 0 aromatic heterocycles. The summed E-state index contributed by atoms with van der Waals surface area (Å²) in [7, 11) is 0. The summed E-state index contributed by atoms with van der Waals surface area (Å²) in [6, 6.07) is 17.3. The molecule has 2 saturated carbocycles. The second kappa shape index (κ2) is 11.9. The van der Waals surface area contributed by atoms with Gasteiger partial charge in [-0.15, -0.1) is 0 Å². The molecule has 3 aromatic rings. The molecular weight excluding hydrogens is 714 g/mol. The second-order valence-corrected chi connectivity index (χ2v) is 13.5. The maximum atomic E-state index is 13.8. The lowest BCUT2D eigenvalue weighted by Gasteiger charge is -2.30. The highest BCUT2D eigenvalue weighted by Gasteiger charge is 2.67. The monoisotopic (exact) mass is 737 g/mol. The lowest BCUT2D eigenvalue weighted by atomic mass is 9.81. The van der Waals surface area contributed by atoms with Crippen LogP contribution in [0.2, 0.25) is 0 Å². The van der Waals surface area contributed by atoms with E-state index in [9.17, 15) is 34.1 Å². The Kier molecular flexibility index (Phi) is 8.16. The number of fused-ring (bicyclic) bond motifs is 5. The van der Waals surface area contributed by atoms with Crippen molar-refractivity contribution in [3.05, 3.63) is 105 Å². The second-order valence-electron chi connectivity index (χ2n) is 11.4. The van der Waals surface area contributed by atoms with E-state index in [4.69, 9.17) is 4.74 Å². The van der Waals surface area contributed by atoms with Crippen LogP contribution in [0.5, 0.6) is 5.75 Å². The number of carbonyl (C=O) groups excluding carboxylic acids is 5. The van der Waals surface area contributed by atoms with Gasteiger partial charge in [-0.05, 0) is 73.7 Å². The van der Waals surface area contributed by atoms with E-state index in [2.05, 4.69) is 31.9 Å². The Hall–Kier alpha value is -4.23. The molecule has 230 valence electrons. The molecule has 3 aromatic carbocycles. The summed E-state index contributed by atoms with van der Waals surface area (Å²) in [4.78, 5) is 77.9. The Bertz CT molecular complexity index is 1700. The Morgan fingerprint density at radius 3 is 1.89 bits per heavy atom. The van der Waals surface area contributed by atoms with Crippen molar-refractivity contribution in [3.63, 3.8) is 0 Å². The van der Waals surface area contributed by atoms with Crippen LogP contribution in [0.15, 0.2) is 72.8 Å². The van der Waals surface area contributed by atoms with Crippen LogP contribution >= 0.6 is 31.9 Å². The minimum Gasteiger partial charge on any atom is -0.423 e. The largest absolute Gasteiger partial charge is 0.423 e. The van der Waals surface area contributed by atoms with Crippen molar-refractivity contribution in [2.75, 3.05) is 6.54 Å². The molecule has 1 heterocycles. The first-order chi connectivity index (χ1) is 21.5. The number of hydrazine groups is 1. The minimum absolute atomic E-state index is 0.0282. The fourth-order valence-electron chi connectivity index (χ4n) is 6.47. The number of ether oxygens (including phenoxy) is 1. The molecular formula is C32H25Br2N3O8. The van der Waals surface area contributed by atoms with E-state index in [1.165, 1.54) is 36.4 Å². The van der Waals surface area contributed by atoms with Gasteiger partial charge in [-0.2, -0.15) is 5.01 Å². The SMILES string of the molecule is Cc1ccc(C(=O)Oc2ccc(C(=O)CN(C(=O)c3ccc([N+](=O)[O-])cc3)N3C(=O)[C@@H]4[C@H]5C[C@@H]([C@@H](Br)[C@H]5Br)[C@H]4C3=O)cc2)cc1. The van der Waals surface area contributed by atoms with E-state index in [-0.39, 0.29) is 44.1 Å². The number of ketones is 1. The molecule has 1 saturated heterocycles. The number of nitro benzene ring substituents is 1. The van der Waals surface area contributed by atoms with Gasteiger partial charge in [-0.1, -0.05) is 49.6 Å². The number of alkyl halides is 2. The molecule has 3 amide bonds. The highest BCUT2D eigenvalue weighted by atomic mass is 79.9.